The molecule has 0 aromatic carbocycles. The number of carbonyl (C=O) groups excluding carboxylic acids is 4. The molecule has 37 heavy (non-hydrogen) atoms. The van der Waals surface area contributed by atoms with E-state index in [-0.39, 0.29) is 37.9 Å². The maximum atomic E-state index is 14.3. The highest BCUT2D eigenvalue weighted by Gasteiger charge is 2.64. The molecule has 6 rings (SSSR count). The molecule has 0 aliphatic carbocycles. The molecule has 0 saturated carbocycles. The highest BCUT2D eigenvalue weighted by Crippen LogP contribution is 2.49. The number of hydrogen-bond donors (Lipinski definition) is 1. The summed E-state index contributed by atoms with van der Waals surface area (Å²) < 4.78 is 88.1. The van der Waals surface area contributed by atoms with Crippen molar-refractivity contribution in [2.45, 2.75) is 61.3 Å². The number of halogens is 4. The van der Waals surface area contributed by atoms with Crippen molar-refractivity contribution >= 4 is 23.9 Å². The SMILES string of the molecule is O=C1OCC2C3CC(OC(=O)C(F)(F)CNCC(F)(F)C(=O)OC4CC5OC4C4C(=O)OCC54)C(O3)C12. The third-order valence-electron chi connectivity index (χ3n) is 8.10. The van der Waals surface area contributed by atoms with E-state index in [0.717, 1.165) is 0 Å². The van der Waals surface area contributed by atoms with Crippen molar-refractivity contribution < 1.29 is 65.2 Å². The average molecular weight is 537 g/mol. The molecule has 0 amide bonds. The molecule has 6 aliphatic heterocycles. The zero-order valence-corrected chi connectivity index (χ0v) is 19.1. The van der Waals surface area contributed by atoms with Gasteiger partial charge in [-0.25, -0.2) is 9.59 Å². The molecule has 6 saturated heterocycles. The van der Waals surface area contributed by atoms with E-state index < -0.39 is 97.3 Å². The Labute approximate surface area is 206 Å². The Balaban J connectivity index is 0.978. The number of esters is 4. The van der Waals surface area contributed by atoms with E-state index in [4.69, 9.17) is 28.4 Å². The Morgan fingerprint density at radius 2 is 1.19 bits per heavy atom. The smallest absolute Gasteiger partial charge is 0.378 e. The van der Waals surface area contributed by atoms with Crippen molar-refractivity contribution in [3.05, 3.63) is 0 Å². The van der Waals surface area contributed by atoms with Crippen LogP contribution < -0.4 is 5.32 Å². The van der Waals surface area contributed by atoms with E-state index in [2.05, 4.69) is 0 Å². The van der Waals surface area contributed by atoms with Gasteiger partial charge in [0.25, 0.3) is 0 Å². The van der Waals surface area contributed by atoms with Gasteiger partial charge in [-0.2, -0.15) is 17.6 Å². The van der Waals surface area contributed by atoms with Gasteiger partial charge in [0, 0.05) is 24.7 Å². The van der Waals surface area contributed by atoms with Crippen molar-refractivity contribution in [3.63, 3.8) is 0 Å². The summed E-state index contributed by atoms with van der Waals surface area (Å²) in [4.78, 5) is 47.8. The van der Waals surface area contributed by atoms with Gasteiger partial charge >= 0.3 is 35.7 Å². The molecule has 4 bridgehead atoms. The summed E-state index contributed by atoms with van der Waals surface area (Å²) in [5.41, 5.74) is 0. The highest BCUT2D eigenvalue weighted by molar-refractivity contribution is 5.80. The lowest BCUT2D eigenvalue weighted by Gasteiger charge is -2.27. The van der Waals surface area contributed by atoms with Gasteiger partial charge in [0.05, 0.1) is 50.3 Å². The molecule has 10 unspecified atom stereocenters. The number of carbonyl (C=O) groups is 4. The minimum atomic E-state index is -4.20. The summed E-state index contributed by atoms with van der Waals surface area (Å²) >= 11 is 0. The third kappa shape index (κ3) is 3.96. The summed E-state index contributed by atoms with van der Waals surface area (Å²) in [5.74, 6) is -15.2. The van der Waals surface area contributed by atoms with Crippen LogP contribution in [0.2, 0.25) is 0 Å². The largest absolute Gasteiger partial charge is 0.465 e. The van der Waals surface area contributed by atoms with Crippen LogP contribution in [0.4, 0.5) is 17.6 Å². The standard InChI is InChI=1S/C22H23F4NO10/c23-21(24,19(30)36-11-1-9-7-3-32-17(28)13(7)15(11)34-9)5-27-6-22(25,26)20(31)37-12-2-10-8-4-33-18(29)14(8)16(12)35-10/h7-16,27H,1-6H2. The van der Waals surface area contributed by atoms with Crippen LogP contribution in [0.3, 0.4) is 0 Å². The molecule has 11 nitrogen and oxygen atoms in total. The fourth-order valence-corrected chi connectivity index (χ4v) is 6.34. The van der Waals surface area contributed by atoms with Gasteiger partial charge in [0.1, 0.15) is 24.4 Å². The first-order valence-corrected chi connectivity index (χ1v) is 12.0. The second-order valence-electron chi connectivity index (χ2n) is 10.3. The van der Waals surface area contributed by atoms with Gasteiger partial charge in [0.2, 0.25) is 0 Å². The first-order valence-electron chi connectivity index (χ1n) is 12.0. The van der Waals surface area contributed by atoms with E-state index in [1.807, 2.05) is 0 Å². The lowest BCUT2D eigenvalue weighted by Crippen LogP contribution is -2.50. The maximum Gasteiger partial charge on any atom is 0.378 e. The monoisotopic (exact) mass is 537 g/mol. The van der Waals surface area contributed by atoms with Crippen molar-refractivity contribution in [2.24, 2.45) is 23.7 Å². The van der Waals surface area contributed by atoms with Crippen LogP contribution in [0.1, 0.15) is 12.8 Å². The summed E-state index contributed by atoms with van der Waals surface area (Å²) in [5, 5.41) is 1.72. The highest BCUT2D eigenvalue weighted by atomic mass is 19.3. The lowest BCUT2D eigenvalue weighted by molar-refractivity contribution is -0.184. The second-order valence-corrected chi connectivity index (χ2v) is 10.3. The van der Waals surface area contributed by atoms with Crippen molar-refractivity contribution in [1.82, 2.24) is 5.32 Å². The van der Waals surface area contributed by atoms with E-state index in [0.29, 0.717) is 0 Å². The van der Waals surface area contributed by atoms with E-state index in [1.165, 1.54) is 0 Å². The minimum absolute atomic E-state index is 0.119. The number of cyclic esters (lactones) is 2. The Morgan fingerprint density at radius 1 is 0.784 bits per heavy atom. The number of ether oxygens (including phenoxy) is 6. The van der Waals surface area contributed by atoms with Crippen LogP contribution in [0.5, 0.6) is 0 Å². The van der Waals surface area contributed by atoms with E-state index in [1.54, 1.807) is 5.32 Å². The third-order valence-corrected chi connectivity index (χ3v) is 8.10. The Bertz CT molecular complexity index is 947. The molecule has 6 heterocycles. The predicted octanol–water partition coefficient (Wildman–Crippen LogP) is -0.409. The van der Waals surface area contributed by atoms with Gasteiger partial charge in [-0.1, -0.05) is 0 Å². The van der Waals surface area contributed by atoms with Crippen LogP contribution in [0, 0.1) is 23.7 Å². The molecule has 0 spiro atoms. The summed E-state index contributed by atoms with van der Waals surface area (Å²) in [6.07, 6.45) is -4.65. The zero-order valence-electron chi connectivity index (χ0n) is 19.1. The van der Waals surface area contributed by atoms with Gasteiger partial charge < -0.3 is 33.7 Å². The predicted molar refractivity (Wildman–Crippen MR) is 105 cm³/mol. The second kappa shape index (κ2) is 8.50. The van der Waals surface area contributed by atoms with Crippen LogP contribution in [-0.2, 0) is 47.6 Å². The molecule has 0 radical (unpaired) electrons. The number of hydrogen-bond acceptors (Lipinski definition) is 11. The molecule has 204 valence electrons. The normalized spacial score (nSPS) is 41.4. The number of nitrogens with one attached hydrogen (secondary N) is 1. The maximum absolute atomic E-state index is 14.3. The Kier molecular flexibility index (Phi) is 5.69. The average Bonchev–Trinajstić information content (AvgIpc) is 3.64. The van der Waals surface area contributed by atoms with Crippen LogP contribution in [0.25, 0.3) is 0 Å². The van der Waals surface area contributed by atoms with Crippen molar-refractivity contribution in [2.75, 3.05) is 26.3 Å². The van der Waals surface area contributed by atoms with Gasteiger partial charge in [-0.3, -0.25) is 9.59 Å². The quantitative estimate of drug-likeness (QED) is 0.246. The van der Waals surface area contributed by atoms with Gasteiger partial charge in [-0.05, 0) is 0 Å². The minimum Gasteiger partial charge on any atom is -0.465 e. The molecule has 10 atom stereocenters. The van der Waals surface area contributed by atoms with Crippen molar-refractivity contribution in [3.8, 4) is 0 Å². The van der Waals surface area contributed by atoms with Crippen LogP contribution >= 0.6 is 0 Å². The zero-order chi connectivity index (χ0) is 26.3. The number of alkyl halides is 4. The van der Waals surface area contributed by atoms with E-state index >= 15 is 0 Å². The molecule has 0 aromatic heterocycles. The Hall–Kier alpha value is -2.52. The molecule has 1 N–H and O–H groups in total. The summed E-state index contributed by atoms with van der Waals surface area (Å²) in [7, 11) is 0. The van der Waals surface area contributed by atoms with Crippen molar-refractivity contribution in [1.29, 1.82) is 0 Å². The van der Waals surface area contributed by atoms with Gasteiger partial charge in [-0.15, -0.1) is 0 Å². The number of fused-ring (bicyclic) bond motifs is 10. The molecule has 6 aliphatic rings. The number of rotatable bonds is 8. The fourth-order valence-electron chi connectivity index (χ4n) is 6.34. The molecular weight excluding hydrogens is 514 g/mol. The molecular formula is C22H23F4NO10. The molecule has 6 fully saturated rings. The molecule has 15 heteroatoms. The molecule has 0 aromatic rings. The summed E-state index contributed by atoms with van der Waals surface area (Å²) in [6.45, 7) is -2.75. The topological polar surface area (TPSA) is 136 Å². The lowest BCUT2D eigenvalue weighted by atomic mass is 9.80. The first kappa shape index (κ1) is 24.8. The summed E-state index contributed by atoms with van der Waals surface area (Å²) in [6, 6.07) is 0. The van der Waals surface area contributed by atoms with Crippen LogP contribution in [0.15, 0.2) is 0 Å². The Morgan fingerprint density at radius 3 is 1.59 bits per heavy atom. The van der Waals surface area contributed by atoms with Gasteiger partial charge in [0.15, 0.2) is 0 Å². The first-order chi connectivity index (χ1) is 17.5. The van der Waals surface area contributed by atoms with E-state index in [9.17, 15) is 36.7 Å². The fraction of sp³-hybridized carbons (Fsp3) is 0.818. The van der Waals surface area contributed by atoms with Crippen LogP contribution in [-0.4, -0.2) is 98.6 Å².